The maximum atomic E-state index is 12.8. The zero-order chi connectivity index (χ0) is 23.4. The number of hydrogen-bond donors (Lipinski definition) is 0. The molecule has 2 amide bonds. The standard InChI is InChI=1S/C22H22INO7S/c1-5-12(2)30-19-15(23)8-13(9-17(19)28-3)10-18-20(25)24(22(27)32-18)11-14-6-7-16(31-14)21(26)29-4/h6-10,12H,5,11H2,1-4H3/b18-10+/t12-/m0/s1. The van der Waals surface area contributed by atoms with Crippen molar-refractivity contribution in [3.8, 4) is 11.5 Å². The summed E-state index contributed by atoms with van der Waals surface area (Å²) in [5.41, 5.74) is 0.708. The highest BCUT2D eigenvalue weighted by Crippen LogP contribution is 2.38. The Labute approximate surface area is 203 Å². The van der Waals surface area contributed by atoms with Gasteiger partial charge in [0.05, 0.1) is 35.3 Å². The normalized spacial score (nSPS) is 15.9. The second-order valence-corrected chi connectivity index (χ2v) is 9.05. The van der Waals surface area contributed by atoms with Crippen LogP contribution in [0.1, 0.15) is 42.1 Å². The Hall–Kier alpha value is -2.47. The van der Waals surface area contributed by atoms with Crippen LogP contribution >= 0.6 is 34.4 Å². The molecule has 1 aromatic heterocycles. The van der Waals surface area contributed by atoms with E-state index in [1.165, 1.54) is 19.2 Å². The molecule has 1 aromatic carbocycles. The molecule has 1 aliphatic heterocycles. The Morgan fingerprint density at radius 2 is 2.03 bits per heavy atom. The van der Waals surface area contributed by atoms with Gasteiger partial charge in [0.2, 0.25) is 5.76 Å². The van der Waals surface area contributed by atoms with Crippen molar-refractivity contribution >= 4 is 57.5 Å². The Morgan fingerprint density at radius 1 is 1.28 bits per heavy atom. The van der Waals surface area contributed by atoms with Crippen LogP contribution in [0.2, 0.25) is 0 Å². The molecular weight excluding hydrogens is 549 g/mol. The summed E-state index contributed by atoms with van der Waals surface area (Å²) in [4.78, 5) is 38.2. The number of carbonyl (C=O) groups excluding carboxylic acids is 3. The van der Waals surface area contributed by atoms with Crippen LogP contribution < -0.4 is 9.47 Å². The number of furan rings is 1. The lowest BCUT2D eigenvalue weighted by molar-refractivity contribution is -0.123. The van der Waals surface area contributed by atoms with E-state index in [4.69, 9.17) is 13.9 Å². The molecule has 3 rings (SSSR count). The fraction of sp³-hybridized carbons (Fsp3) is 0.318. The quantitative estimate of drug-likeness (QED) is 0.246. The van der Waals surface area contributed by atoms with Gasteiger partial charge in [-0.25, -0.2) is 4.79 Å². The number of methoxy groups -OCH3 is 2. The van der Waals surface area contributed by atoms with Gasteiger partial charge in [0.25, 0.3) is 11.1 Å². The van der Waals surface area contributed by atoms with Crippen LogP contribution in [0.3, 0.4) is 0 Å². The summed E-state index contributed by atoms with van der Waals surface area (Å²) < 4.78 is 22.2. The number of benzene rings is 1. The Balaban J connectivity index is 1.81. The van der Waals surface area contributed by atoms with Gasteiger partial charge in [0.15, 0.2) is 11.5 Å². The van der Waals surface area contributed by atoms with Crippen molar-refractivity contribution in [3.05, 3.63) is 49.8 Å². The van der Waals surface area contributed by atoms with Gasteiger partial charge >= 0.3 is 5.97 Å². The van der Waals surface area contributed by atoms with Crippen LogP contribution in [0, 0.1) is 3.57 Å². The van der Waals surface area contributed by atoms with Gasteiger partial charge in [-0.05, 0) is 83.6 Å². The summed E-state index contributed by atoms with van der Waals surface area (Å²) in [6.07, 6.45) is 2.52. The monoisotopic (exact) mass is 571 g/mol. The van der Waals surface area contributed by atoms with Crippen molar-refractivity contribution in [3.63, 3.8) is 0 Å². The summed E-state index contributed by atoms with van der Waals surface area (Å²) >= 11 is 3.00. The fourth-order valence-electron chi connectivity index (χ4n) is 2.84. The molecular formula is C22H22INO7S. The first-order valence-corrected chi connectivity index (χ1v) is 11.6. The maximum absolute atomic E-state index is 12.8. The molecule has 1 atom stereocenters. The third-order valence-corrected chi connectivity index (χ3v) is 6.39. The zero-order valence-electron chi connectivity index (χ0n) is 18.0. The molecule has 1 aliphatic rings. The fourth-order valence-corrected chi connectivity index (χ4v) is 4.43. The average Bonchev–Trinajstić information content (AvgIpc) is 3.35. The van der Waals surface area contributed by atoms with E-state index < -0.39 is 17.1 Å². The highest BCUT2D eigenvalue weighted by molar-refractivity contribution is 14.1. The SMILES string of the molecule is CC[C@H](C)Oc1c(I)cc(/C=C2/SC(=O)N(Cc3ccc(C(=O)OC)o3)C2=O)cc1OC. The number of nitrogens with zero attached hydrogens (tertiary/aromatic N) is 1. The molecule has 10 heteroatoms. The molecule has 0 unspecified atom stereocenters. The number of imide groups is 1. The number of halogens is 1. The van der Waals surface area contributed by atoms with Crippen molar-refractivity contribution in [2.24, 2.45) is 0 Å². The Kier molecular flexibility index (Phi) is 7.88. The van der Waals surface area contributed by atoms with Gasteiger partial charge < -0.3 is 18.6 Å². The van der Waals surface area contributed by atoms with Crippen LogP contribution in [-0.4, -0.2) is 42.3 Å². The van der Waals surface area contributed by atoms with Gasteiger partial charge in [-0.1, -0.05) is 6.92 Å². The first-order chi connectivity index (χ1) is 15.3. The minimum atomic E-state index is -0.630. The molecule has 1 saturated heterocycles. The minimum Gasteiger partial charge on any atom is -0.493 e. The molecule has 1 fully saturated rings. The molecule has 0 radical (unpaired) electrons. The molecule has 2 heterocycles. The molecule has 0 N–H and O–H groups in total. The summed E-state index contributed by atoms with van der Waals surface area (Å²) in [6.45, 7) is 3.93. The van der Waals surface area contributed by atoms with E-state index in [0.717, 1.165) is 26.7 Å². The molecule has 0 saturated carbocycles. The van der Waals surface area contributed by atoms with E-state index in [9.17, 15) is 14.4 Å². The molecule has 32 heavy (non-hydrogen) atoms. The number of amides is 2. The van der Waals surface area contributed by atoms with Crippen molar-refractivity contribution in [1.29, 1.82) is 0 Å². The number of ether oxygens (including phenoxy) is 3. The maximum Gasteiger partial charge on any atom is 0.373 e. The first-order valence-electron chi connectivity index (χ1n) is 9.73. The number of esters is 1. The minimum absolute atomic E-state index is 0.00591. The van der Waals surface area contributed by atoms with E-state index in [1.54, 1.807) is 19.3 Å². The van der Waals surface area contributed by atoms with Crippen molar-refractivity contribution in [2.45, 2.75) is 32.9 Å². The van der Waals surface area contributed by atoms with Gasteiger partial charge in [-0.15, -0.1) is 0 Å². The Morgan fingerprint density at radius 3 is 2.69 bits per heavy atom. The summed E-state index contributed by atoms with van der Waals surface area (Å²) in [5.74, 6) is 0.433. The third kappa shape index (κ3) is 5.29. The number of rotatable bonds is 8. The highest BCUT2D eigenvalue weighted by Gasteiger charge is 2.36. The summed E-state index contributed by atoms with van der Waals surface area (Å²) in [7, 11) is 2.80. The number of carbonyl (C=O) groups is 3. The van der Waals surface area contributed by atoms with E-state index in [1.807, 2.05) is 19.9 Å². The van der Waals surface area contributed by atoms with Crippen molar-refractivity contribution in [2.75, 3.05) is 14.2 Å². The van der Waals surface area contributed by atoms with Crippen LogP contribution in [0.15, 0.2) is 33.6 Å². The van der Waals surface area contributed by atoms with Crippen molar-refractivity contribution in [1.82, 2.24) is 4.90 Å². The Bertz CT molecular complexity index is 1080. The second kappa shape index (κ2) is 10.4. The summed E-state index contributed by atoms with van der Waals surface area (Å²) in [5, 5.41) is -0.421. The largest absolute Gasteiger partial charge is 0.493 e. The van der Waals surface area contributed by atoms with E-state index in [2.05, 4.69) is 27.3 Å². The smallest absolute Gasteiger partial charge is 0.373 e. The van der Waals surface area contributed by atoms with Crippen LogP contribution in [0.25, 0.3) is 6.08 Å². The predicted octanol–water partition coefficient (Wildman–Crippen LogP) is 5.09. The van der Waals surface area contributed by atoms with Gasteiger partial charge in [-0.3, -0.25) is 14.5 Å². The van der Waals surface area contributed by atoms with Crippen molar-refractivity contribution < 1.29 is 33.0 Å². The zero-order valence-corrected chi connectivity index (χ0v) is 20.9. The molecule has 0 bridgehead atoms. The lowest BCUT2D eigenvalue weighted by Gasteiger charge is -2.17. The van der Waals surface area contributed by atoms with Crippen LogP contribution in [0.4, 0.5) is 4.79 Å². The predicted molar refractivity (Wildman–Crippen MR) is 128 cm³/mol. The lowest BCUT2D eigenvalue weighted by Crippen LogP contribution is -2.27. The van der Waals surface area contributed by atoms with Gasteiger partial charge in [0, 0.05) is 0 Å². The summed E-state index contributed by atoms with van der Waals surface area (Å²) in [6, 6.07) is 6.60. The molecule has 170 valence electrons. The topological polar surface area (TPSA) is 95.3 Å². The van der Waals surface area contributed by atoms with E-state index in [-0.39, 0.29) is 23.3 Å². The molecule has 0 aliphatic carbocycles. The molecule has 0 spiro atoms. The molecule has 8 nitrogen and oxygen atoms in total. The number of hydrogen-bond acceptors (Lipinski definition) is 8. The highest BCUT2D eigenvalue weighted by atomic mass is 127. The third-order valence-electron chi connectivity index (χ3n) is 4.68. The number of thioether (sulfide) groups is 1. The first kappa shape index (κ1) is 24.2. The van der Waals surface area contributed by atoms with E-state index >= 15 is 0 Å². The average molecular weight is 571 g/mol. The lowest BCUT2D eigenvalue weighted by atomic mass is 10.1. The van der Waals surface area contributed by atoms with Crippen LogP contribution in [0.5, 0.6) is 11.5 Å². The van der Waals surface area contributed by atoms with Gasteiger partial charge in [0.1, 0.15) is 5.76 Å². The second-order valence-electron chi connectivity index (χ2n) is 6.90. The van der Waals surface area contributed by atoms with Crippen LogP contribution in [-0.2, 0) is 16.1 Å². The van der Waals surface area contributed by atoms with Gasteiger partial charge in [-0.2, -0.15) is 0 Å². The molecule has 2 aromatic rings. The van der Waals surface area contributed by atoms with E-state index in [0.29, 0.717) is 22.8 Å².